The van der Waals surface area contributed by atoms with Gasteiger partial charge in [0.2, 0.25) is 0 Å². The van der Waals surface area contributed by atoms with Gasteiger partial charge in [0.15, 0.2) is 0 Å². The number of hydrogen-bond acceptors (Lipinski definition) is 2. The Hall–Kier alpha value is 0.275. The predicted molar refractivity (Wildman–Crippen MR) is 25.5 cm³/mol. The molecule has 0 bridgehead atoms. The first-order valence-corrected chi connectivity index (χ1v) is 2.14. The Balaban J connectivity index is 2.63. The number of rotatable bonds is 2. The summed E-state index contributed by atoms with van der Waals surface area (Å²) in [6.07, 6.45) is 0. The largest absolute Gasteiger partial charge is 0.568 e. The van der Waals surface area contributed by atoms with Gasteiger partial charge >= 0.3 is 6.53 Å². The maximum absolute atomic E-state index is 8.10. The van der Waals surface area contributed by atoms with Crippen molar-refractivity contribution in [2.75, 3.05) is 6.61 Å². The summed E-state index contributed by atoms with van der Waals surface area (Å²) in [5, 5.41) is 8.10. The molecule has 0 spiro atoms. The van der Waals surface area contributed by atoms with E-state index >= 15 is 0 Å². The first-order chi connectivity index (χ1) is 2.77. The molecule has 2 nitrogen and oxygen atoms in total. The van der Waals surface area contributed by atoms with Crippen molar-refractivity contribution in [2.45, 2.75) is 6.92 Å². The van der Waals surface area contributed by atoms with E-state index in [1.165, 1.54) is 0 Å². The topological polar surface area (TPSA) is 29.5 Å². The van der Waals surface area contributed by atoms with E-state index in [1.54, 1.807) is 6.92 Å². The normalized spacial score (nSPS) is 8.50. The summed E-state index contributed by atoms with van der Waals surface area (Å²) in [6.45, 7) is 1.08. The van der Waals surface area contributed by atoms with Gasteiger partial charge in [0.25, 0.3) is 0 Å². The molecule has 0 aromatic carbocycles. The van der Waals surface area contributed by atoms with Crippen LogP contribution in [0, 0.1) is 0 Å². The van der Waals surface area contributed by atoms with Crippen LogP contribution in [0.2, 0.25) is 0 Å². The number of halogens is 1. The van der Waals surface area contributed by atoms with Crippen LogP contribution in [0.25, 0.3) is 0 Å². The summed E-state index contributed by atoms with van der Waals surface area (Å²) in [5.41, 5.74) is 0. The van der Waals surface area contributed by atoms with E-state index in [9.17, 15) is 0 Å². The first-order valence-electron chi connectivity index (χ1n) is 1.71. The van der Waals surface area contributed by atoms with Crippen molar-refractivity contribution in [3.63, 3.8) is 0 Å². The molecule has 6 heavy (non-hydrogen) atoms. The van der Waals surface area contributed by atoms with Crippen LogP contribution < -0.4 is 0 Å². The van der Waals surface area contributed by atoms with Gasteiger partial charge in [-0.3, -0.25) is 0 Å². The van der Waals surface area contributed by atoms with Crippen molar-refractivity contribution >= 4 is 18.0 Å². The Bertz CT molecular complexity index is 32.7. The molecule has 0 atom stereocenters. The van der Waals surface area contributed by atoms with Gasteiger partial charge in [-0.2, -0.15) is 0 Å². The van der Waals surface area contributed by atoms with E-state index in [0.29, 0.717) is 6.61 Å². The molecule has 0 unspecified atom stereocenters. The lowest BCUT2D eigenvalue weighted by atomic mass is 10.4. The molecule has 4 heteroatoms. The molecule has 0 fully saturated rings. The van der Waals surface area contributed by atoms with Gasteiger partial charge in [-0.25, -0.2) is 0 Å². The van der Waals surface area contributed by atoms with Gasteiger partial charge in [0.1, 0.15) is 0 Å². The first kappa shape index (κ1) is 6.27. The predicted octanol–water partition coefficient (Wildman–Crippen LogP) is 0.239. The second kappa shape index (κ2) is 3.46. The van der Waals surface area contributed by atoms with E-state index in [2.05, 4.69) is 4.65 Å². The maximum Gasteiger partial charge on any atom is 0.568 e. The van der Waals surface area contributed by atoms with E-state index in [-0.39, 0.29) is 0 Å². The van der Waals surface area contributed by atoms with Gasteiger partial charge in [0.05, 0.1) is 0 Å². The fourth-order valence-electron chi connectivity index (χ4n) is 0.138. The van der Waals surface area contributed by atoms with Gasteiger partial charge < -0.3 is 9.68 Å². The van der Waals surface area contributed by atoms with Crippen LogP contribution in [0.5, 0.6) is 0 Å². The molecule has 0 saturated carbocycles. The Kier molecular flexibility index (Phi) is 3.62. The Labute approximate surface area is 42.1 Å². The highest BCUT2D eigenvalue weighted by Crippen LogP contribution is 1.82. The molecule has 0 radical (unpaired) electrons. The Morgan fingerprint density at radius 3 is 2.50 bits per heavy atom. The lowest BCUT2D eigenvalue weighted by Gasteiger charge is -1.91. The number of hydrogen-bond donors (Lipinski definition) is 1. The average Bonchev–Trinajstić information content (AvgIpc) is 1.35. The monoisotopic (exact) mass is 108 g/mol. The zero-order valence-corrected chi connectivity index (χ0v) is 4.27. The molecule has 0 rings (SSSR count). The molecule has 0 aliphatic heterocycles. The third-order valence-electron chi connectivity index (χ3n) is 0.304. The molecule has 0 amide bonds. The summed E-state index contributed by atoms with van der Waals surface area (Å²) in [4.78, 5) is 0. The summed E-state index contributed by atoms with van der Waals surface area (Å²) in [6, 6.07) is 0. The molecule has 0 saturated heterocycles. The summed E-state index contributed by atoms with van der Waals surface area (Å²) in [5.74, 6) is 0. The summed E-state index contributed by atoms with van der Waals surface area (Å²) < 4.78 is 4.36. The standard InChI is InChI=1S/C2H6BClO2/c1-2-6-3(4)5/h5H,2H2,1H3. The minimum absolute atomic E-state index is 0.449. The molecule has 0 aliphatic carbocycles. The lowest BCUT2D eigenvalue weighted by Crippen LogP contribution is -2.07. The fourth-order valence-corrected chi connectivity index (χ4v) is 0.264. The zero-order chi connectivity index (χ0) is 4.99. The average molecular weight is 108 g/mol. The molecular weight excluding hydrogens is 102 g/mol. The van der Waals surface area contributed by atoms with Crippen molar-refractivity contribution < 1.29 is 9.68 Å². The molecule has 0 aromatic heterocycles. The highest BCUT2D eigenvalue weighted by Gasteiger charge is 2.02. The zero-order valence-electron chi connectivity index (χ0n) is 3.52. The molecular formula is C2H6BClO2. The van der Waals surface area contributed by atoms with Crippen LogP contribution in [-0.4, -0.2) is 18.2 Å². The minimum Gasteiger partial charge on any atom is -0.413 e. The van der Waals surface area contributed by atoms with Crippen LogP contribution in [-0.2, 0) is 4.65 Å². The van der Waals surface area contributed by atoms with E-state index in [0.717, 1.165) is 0 Å². The maximum atomic E-state index is 8.10. The van der Waals surface area contributed by atoms with E-state index < -0.39 is 6.53 Å². The van der Waals surface area contributed by atoms with Gasteiger partial charge in [-0.1, -0.05) is 0 Å². The van der Waals surface area contributed by atoms with Gasteiger partial charge in [-0.05, 0) is 6.92 Å². The van der Waals surface area contributed by atoms with Crippen LogP contribution >= 0.6 is 11.5 Å². The molecule has 1 N–H and O–H groups in total. The fraction of sp³-hybridized carbons (Fsp3) is 1.00. The second-order valence-electron chi connectivity index (χ2n) is 0.747. The van der Waals surface area contributed by atoms with Crippen molar-refractivity contribution in [3.8, 4) is 0 Å². The van der Waals surface area contributed by atoms with Crippen molar-refractivity contribution in [1.29, 1.82) is 0 Å². The van der Waals surface area contributed by atoms with Crippen LogP contribution in [0.4, 0.5) is 0 Å². The highest BCUT2D eigenvalue weighted by molar-refractivity contribution is 6.98. The van der Waals surface area contributed by atoms with Crippen molar-refractivity contribution in [1.82, 2.24) is 0 Å². The van der Waals surface area contributed by atoms with E-state index in [4.69, 9.17) is 16.5 Å². The van der Waals surface area contributed by atoms with Crippen LogP contribution in [0.3, 0.4) is 0 Å². The smallest absolute Gasteiger partial charge is 0.413 e. The lowest BCUT2D eigenvalue weighted by molar-refractivity contribution is 0.294. The SMILES string of the molecule is CCOB(O)Cl. The molecule has 0 aliphatic rings. The minimum atomic E-state index is -1.13. The van der Waals surface area contributed by atoms with Crippen molar-refractivity contribution in [3.05, 3.63) is 0 Å². The van der Waals surface area contributed by atoms with Crippen LogP contribution in [0.15, 0.2) is 0 Å². The Morgan fingerprint density at radius 1 is 2.00 bits per heavy atom. The Morgan fingerprint density at radius 2 is 2.50 bits per heavy atom. The summed E-state index contributed by atoms with van der Waals surface area (Å²) in [7, 11) is 0. The highest BCUT2D eigenvalue weighted by atomic mass is 35.5. The van der Waals surface area contributed by atoms with E-state index in [1.807, 2.05) is 0 Å². The van der Waals surface area contributed by atoms with Gasteiger partial charge in [-0.15, -0.1) is 11.5 Å². The molecule has 36 valence electrons. The third kappa shape index (κ3) is 4.27. The van der Waals surface area contributed by atoms with Crippen molar-refractivity contribution in [2.24, 2.45) is 0 Å². The summed E-state index contributed by atoms with van der Waals surface area (Å²) >= 11 is 4.91. The third-order valence-corrected chi connectivity index (χ3v) is 0.430. The molecule has 0 aromatic rings. The second-order valence-corrected chi connectivity index (χ2v) is 1.12. The van der Waals surface area contributed by atoms with Crippen LogP contribution in [0.1, 0.15) is 6.92 Å². The molecule has 0 heterocycles. The van der Waals surface area contributed by atoms with Gasteiger partial charge in [0, 0.05) is 6.61 Å². The quantitative estimate of drug-likeness (QED) is 0.514.